The van der Waals surface area contributed by atoms with Crippen LogP contribution in [0.25, 0.3) is 0 Å². The van der Waals surface area contributed by atoms with Crippen molar-refractivity contribution in [1.29, 1.82) is 0 Å². The Balaban J connectivity index is 1.34. The molecule has 0 unspecified atom stereocenters. The lowest BCUT2D eigenvalue weighted by Crippen LogP contribution is -2.48. The second-order valence-electron chi connectivity index (χ2n) is 9.10. The molecule has 174 valence electrons. The Labute approximate surface area is 197 Å². The van der Waals surface area contributed by atoms with Gasteiger partial charge in [-0.15, -0.1) is 5.10 Å². The van der Waals surface area contributed by atoms with Gasteiger partial charge in [0.1, 0.15) is 12.1 Å². The summed E-state index contributed by atoms with van der Waals surface area (Å²) in [4.78, 5) is 15.6. The van der Waals surface area contributed by atoms with E-state index in [4.69, 9.17) is 16.3 Å². The first-order chi connectivity index (χ1) is 15.9. The summed E-state index contributed by atoms with van der Waals surface area (Å²) in [6.45, 7) is 7.79. The second-order valence-corrected chi connectivity index (χ2v) is 9.51. The highest BCUT2D eigenvalue weighted by atomic mass is 35.5. The number of hydrogen-bond donors (Lipinski definition) is 1. The van der Waals surface area contributed by atoms with Crippen molar-refractivity contribution in [3.05, 3.63) is 47.1 Å². The molecule has 2 fully saturated rings. The Hall–Kier alpha value is -2.94. The number of nitrogens with one attached hydrogen (secondary N) is 1. The van der Waals surface area contributed by atoms with Crippen LogP contribution in [-0.4, -0.2) is 43.9 Å². The average molecular weight is 472 g/mol. The van der Waals surface area contributed by atoms with E-state index in [1.165, 1.54) is 12.1 Å². The number of nitrogens with zero attached hydrogens (tertiary/aromatic N) is 6. The number of piperidine rings is 1. The van der Waals surface area contributed by atoms with E-state index in [-0.39, 0.29) is 28.9 Å². The van der Waals surface area contributed by atoms with E-state index >= 15 is 0 Å². The maximum atomic E-state index is 14.4. The van der Waals surface area contributed by atoms with E-state index in [0.717, 1.165) is 37.4 Å². The summed E-state index contributed by atoms with van der Waals surface area (Å²) in [6, 6.07) is 7.17. The van der Waals surface area contributed by atoms with Gasteiger partial charge in [-0.1, -0.05) is 17.7 Å². The lowest BCUT2D eigenvalue weighted by molar-refractivity contribution is 0.360. The van der Waals surface area contributed by atoms with Crippen molar-refractivity contribution in [2.45, 2.75) is 45.7 Å². The maximum Gasteiger partial charge on any atom is 0.322 e. The molecule has 10 heteroatoms. The number of fused-ring (bicyclic) bond motifs is 2. The molecule has 2 aromatic heterocycles. The van der Waals surface area contributed by atoms with Gasteiger partial charge in [-0.3, -0.25) is 0 Å². The van der Waals surface area contributed by atoms with E-state index in [9.17, 15) is 4.39 Å². The lowest BCUT2D eigenvalue weighted by Gasteiger charge is -2.38. The molecular formula is C23H27ClFN7O. The fourth-order valence-corrected chi connectivity index (χ4v) is 5.01. The molecule has 0 radical (unpaired) electrons. The summed E-state index contributed by atoms with van der Waals surface area (Å²) in [5, 5.41) is 8.17. The molecular weight excluding hydrogens is 445 g/mol. The molecule has 3 atom stereocenters. The SMILES string of the molecule is Cc1cc(N2C[C@H]3CC[C@@H](C2)[C@H]3Nc2nc(Oc3cccc(Cl)c3F)n(C(C)C)n2)ncn1. The minimum absolute atomic E-state index is 0.00340. The summed E-state index contributed by atoms with van der Waals surface area (Å²) >= 11 is 5.90. The van der Waals surface area contributed by atoms with E-state index in [2.05, 4.69) is 30.3 Å². The van der Waals surface area contributed by atoms with E-state index in [1.54, 1.807) is 17.1 Å². The highest BCUT2D eigenvalue weighted by Crippen LogP contribution is 2.40. The Morgan fingerprint density at radius 1 is 1.18 bits per heavy atom. The van der Waals surface area contributed by atoms with Gasteiger partial charge in [0.05, 0.1) is 11.1 Å². The van der Waals surface area contributed by atoms with Crippen molar-refractivity contribution >= 4 is 23.4 Å². The van der Waals surface area contributed by atoms with Gasteiger partial charge in [0.25, 0.3) is 0 Å². The number of aryl methyl sites for hydroxylation is 1. The Morgan fingerprint density at radius 2 is 1.94 bits per heavy atom. The summed E-state index contributed by atoms with van der Waals surface area (Å²) < 4.78 is 21.8. The lowest BCUT2D eigenvalue weighted by atomic mass is 9.92. The van der Waals surface area contributed by atoms with Crippen molar-refractivity contribution in [3.63, 3.8) is 0 Å². The Kier molecular flexibility index (Phi) is 5.82. The van der Waals surface area contributed by atoms with Crippen molar-refractivity contribution in [1.82, 2.24) is 24.7 Å². The van der Waals surface area contributed by atoms with Crippen LogP contribution < -0.4 is 15.0 Å². The molecule has 1 aromatic carbocycles. The molecule has 3 aromatic rings. The molecule has 1 saturated heterocycles. The summed E-state index contributed by atoms with van der Waals surface area (Å²) in [5.41, 5.74) is 0.972. The van der Waals surface area contributed by atoms with Crippen molar-refractivity contribution < 1.29 is 9.13 Å². The number of hydrogen-bond acceptors (Lipinski definition) is 7. The molecule has 1 aliphatic carbocycles. The first kappa shape index (κ1) is 21.9. The smallest absolute Gasteiger partial charge is 0.322 e. The normalized spacial score (nSPS) is 22.1. The zero-order chi connectivity index (χ0) is 23.1. The molecule has 3 heterocycles. The van der Waals surface area contributed by atoms with E-state index in [0.29, 0.717) is 17.8 Å². The third-order valence-corrected chi connectivity index (χ3v) is 6.74. The number of anilines is 2. The fourth-order valence-electron chi connectivity index (χ4n) is 4.85. The first-order valence-electron chi connectivity index (χ1n) is 11.3. The highest BCUT2D eigenvalue weighted by Gasteiger charge is 2.43. The largest absolute Gasteiger partial charge is 0.421 e. The Bertz CT molecular complexity index is 1140. The van der Waals surface area contributed by atoms with Gasteiger partial charge < -0.3 is 15.0 Å². The predicted octanol–water partition coefficient (Wildman–Crippen LogP) is 4.87. The van der Waals surface area contributed by atoms with Crippen LogP contribution in [0.1, 0.15) is 38.4 Å². The van der Waals surface area contributed by atoms with Gasteiger partial charge in [-0.2, -0.15) is 4.98 Å². The van der Waals surface area contributed by atoms with Gasteiger partial charge in [-0.25, -0.2) is 19.0 Å². The maximum absolute atomic E-state index is 14.4. The second kappa shape index (κ2) is 8.78. The third-order valence-electron chi connectivity index (χ3n) is 6.45. The quantitative estimate of drug-likeness (QED) is 0.549. The van der Waals surface area contributed by atoms with Gasteiger partial charge in [0.15, 0.2) is 11.6 Å². The van der Waals surface area contributed by atoms with Gasteiger partial charge in [0, 0.05) is 30.9 Å². The highest BCUT2D eigenvalue weighted by molar-refractivity contribution is 6.30. The minimum Gasteiger partial charge on any atom is -0.421 e. The fraction of sp³-hybridized carbons (Fsp3) is 0.478. The third kappa shape index (κ3) is 4.34. The van der Waals surface area contributed by atoms with Crippen molar-refractivity contribution in [2.24, 2.45) is 11.8 Å². The molecule has 0 spiro atoms. The van der Waals surface area contributed by atoms with Crippen molar-refractivity contribution in [3.8, 4) is 11.8 Å². The number of halogens is 2. The molecule has 1 saturated carbocycles. The van der Waals surface area contributed by atoms with Crippen LogP contribution in [0.5, 0.6) is 11.8 Å². The number of rotatable bonds is 6. The zero-order valence-electron chi connectivity index (χ0n) is 18.9. The molecule has 0 amide bonds. The van der Waals surface area contributed by atoms with Crippen LogP contribution in [0.2, 0.25) is 5.02 Å². The van der Waals surface area contributed by atoms with Crippen LogP contribution in [0, 0.1) is 24.6 Å². The standard InChI is InChI=1S/C23H27ClFN7O/c1-13(2)32-23(33-18-6-4-5-17(24)20(18)25)29-22(30-32)28-21-15-7-8-16(21)11-31(10-15)19-9-14(3)26-12-27-19/h4-6,9,12-13,15-16,21H,7-8,10-11H2,1-3H3,(H,28,30)/t15-,16+,21+. The molecule has 33 heavy (non-hydrogen) atoms. The monoisotopic (exact) mass is 471 g/mol. The summed E-state index contributed by atoms with van der Waals surface area (Å²) in [5.74, 6) is 1.81. The number of aromatic nitrogens is 5. The predicted molar refractivity (Wildman–Crippen MR) is 124 cm³/mol. The average Bonchev–Trinajstić information content (AvgIpc) is 3.27. The van der Waals surface area contributed by atoms with Gasteiger partial charge >= 0.3 is 6.01 Å². The molecule has 5 rings (SSSR count). The van der Waals surface area contributed by atoms with E-state index < -0.39 is 5.82 Å². The van der Waals surface area contributed by atoms with Crippen LogP contribution >= 0.6 is 11.6 Å². The van der Waals surface area contributed by atoms with Gasteiger partial charge in [0.2, 0.25) is 5.95 Å². The number of benzene rings is 1. The zero-order valence-corrected chi connectivity index (χ0v) is 19.6. The topological polar surface area (TPSA) is 81.0 Å². The van der Waals surface area contributed by atoms with Gasteiger partial charge in [-0.05, 0) is 57.6 Å². The minimum atomic E-state index is -0.614. The molecule has 2 aliphatic rings. The van der Waals surface area contributed by atoms with E-state index in [1.807, 2.05) is 26.8 Å². The molecule has 8 nitrogen and oxygen atoms in total. The van der Waals surface area contributed by atoms with Crippen LogP contribution in [0.3, 0.4) is 0 Å². The first-order valence-corrected chi connectivity index (χ1v) is 11.7. The van der Waals surface area contributed by atoms with Crippen LogP contribution in [-0.2, 0) is 0 Å². The summed E-state index contributed by atoms with van der Waals surface area (Å²) in [7, 11) is 0. The summed E-state index contributed by atoms with van der Waals surface area (Å²) in [6.07, 6.45) is 3.92. The molecule has 1 N–H and O–H groups in total. The van der Waals surface area contributed by atoms with Crippen LogP contribution in [0.4, 0.5) is 16.2 Å². The van der Waals surface area contributed by atoms with Crippen LogP contribution in [0.15, 0.2) is 30.6 Å². The molecule has 2 bridgehead atoms. The Morgan fingerprint density at radius 3 is 2.64 bits per heavy atom. The number of ether oxygens (including phenoxy) is 1. The van der Waals surface area contributed by atoms with Crippen molar-refractivity contribution in [2.75, 3.05) is 23.3 Å². The molecule has 1 aliphatic heterocycles.